The molecule has 3 rings (SSSR count). The van der Waals surface area contributed by atoms with E-state index >= 15 is 0 Å². The second-order valence-electron chi connectivity index (χ2n) is 7.91. The second-order valence-corrected chi connectivity index (χ2v) is 8.82. The van der Waals surface area contributed by atoms with Crippen LogP contribution in [0.3, 0.4) is 0 Å². The number of anilines is 1. The van der Waals surface area contributed by atoms with E-state index in [1.807, 2.05) is 32.9 Å². The number of aryl methyl sites for hydroxylation is 2. The first-order valence-corrected chi connectivity index (χ1v) is 11.1. The van der Waals surface area contributed by atoms with E-state index < -0.39 is 23.9 Å². The fourth-order valence-corrected chi connectivity index (χ4v) is 4.17. The molecule has 0 unspecified atom stereocenters. The van der Waals surface area contributed by atoms with Crippen LogP contribution in [0.2, 0.25) is 0 Å². The number of carbonyl (C=O) groups excluding carboxylic acids is 3. The van der Waals surface area contributed by atoms with Crippen molar-refractivity contribution < 1.29 is 24.2 Å². The van der Waals surface area contributed by atoms with Crippen LogP contribution in [0, 0.1) is 13.8 Å². The zero-order valence-corrected chi connectivity index (χ0v) is 19.5. The summed E-state index contributed by atoms with van der Waals surface area (Å²) >= 11 is 3.36. The van der Waals surface area contributed by atoms with Crippen LogP contribution in [0.15, 0.2) is 40.9 Å². The summed E-state index contributed by atoms with van der Waals surface area (Å²) < 4.78 is 5.84. The Morgan fingerprint density at radius 2 is 1.90 bits per heavy atom. The van der Waals surface area contributed by atoms with E-state index in [0.29, 0.717) is 21.3 Å². The van der Waals surface area contributed by atoms with Crippen molar-refractivity contribution in [3.05, 3.63) is 63.1 Å². The summed E-state index contributed by atoms with van der Waals surface area (Å²) in [4.78, 5) is 39.8. The van der Waals surface area contributed by atoms with Gasteiger partial charge in [0.05, 0.1) is 18.7 Å². The summed E-state index contributed by atoms with van der Waals surface area (Å²) in [5, 5.41) is 11.4. The highest BCUT2D eigenvalue weighted by molar-refractivity contribution is 9.10. The second kappa shape index (κ2) is 9.32. The van der Waals surface area contributed by atoms with Gasteiger partial charge in [0.25, 0.3) is 5.91 Å². The van der Waals surface area contributed by atoms with Crippen LogP contribution in [-0.2, 0) is 19.9 Å². The number of nitrogens with zero attached hydrogens (tertiary/aromatic N) is 1. The number of Topliss-reactive ketones (excluding diaryl/α,β-unsaturated/α-hetero) is 1. The molecule has 7 heteroatoms. The predicted octanol–water partition coefficient (Wildman–Crippen LogP) is 4.22. The Morgan fingerprint density at radius 3 is 2.58 bits per heavy atom. The topological polar surface area (TPSA) is 83.9 Å². The van der Waals surface area contributed by atoms with Crippen LogP contribution in [0.1, 0.15) is 53.2 Å². The minimum Gasteiger partial charge on any atom is -0.464 e. The van der Waals surface area contributed by atoms with E-state index in [1.165, 1.54) is 4.90 Å². The van der Waals surface area contributed by atoms with Gasteiger partial charge >= 0.3 is 5.97 Å². The Kier molecular flexibility index (Phi) is 6.96. The highest BCUT2D eigenvalue weighted by Gasteiger charge is 2.51. The van der Waals surface area contributed by atoms with Gasteiger partial charge < -0.3 is 9.84 Å². The number of rotatable bonds is 8. The smallest absolute Gasteiger partial charge is 0.326 e. The fraction of sp³-hybridized carbons (Fsp3) is 0.375. The first-order chi connectivity index (χ1) is 14.7. The van der Waals surface area contributed by atoms with Crippen LogP contribution in [0.4, 0.5) is 5.69 Å². The molecule has 1 atom stereocenters. The number of aliphatic hydroxyl groups is 1. The van der Waals surface area contributed by atoms with Gasteiger partial charge in [0.1, 0.15) is 6.54 Å². The maximum Gasteiger partial charge on any atom is 0.326 e. The molecule has 6 nitrogen and oxygen atoms in total. The number of ketones is 1. The van der Waals surface area contributed by atoms with Crippen molar-refractivity contribution in [3.63, 3.8) is 0 Å². The summed E-state index contributed by atoms with van der Waals surface area (Å²) in [7, 11) is 0. The lowest BCUT2D eigenvalue weighted by Crippen LogP contribution is -2.44. The van der Waals surface area contributed by atoms with E-state index in [9.17, 15) is 19.5 Å². The van der Waals surface area contributed by atoms with Crippen LogP contribution >= 0.6 is 15.9 Å². The molecule has 0 aromatic heterocycles. The number of amides is 1. The maximum absolute atomic E-state index is 13.3. The summed E-state index contributed by atoms with van der Waals surface area (Å²) in [6, 6.07) is 10.4. The Labute approximate surface area is 190 Å². The third-order valence-corrected chi connectivity index (χ3v) is 5.93. The van der Waals surface area contributed by atoms with Gasteiger partial charge in [-0.05, 0) is 44.0 Å². The number of ether oxygens (including phenoxy) is 1. The first-order valence-electron chi connectivity index (χ1n) is 10.3. The zero-order chi connectivity index (χ0) is 22.8. The highest BCUT2D eigenvalue weighted by Crippen LogP contribution is 2.44. The molecule has 2 aromatic rings. The van der Waals surface area contributed by atoms with Crippen molar-refractivity contribution in [1.82, 2.24) is 0 Å². The van der Waals surface area contributed by atoms with E-state index in [0.717, 1.165) is 24.0 Å². The molecule has 0 saturated carbocycles. The third kappa shape index (κ3) is 4.72. The lowest BCUT2D eigenvalue weighted by Gasteiger charge is -2.22. The van der Waals surface area contributed by atoms with E-state index in [-0.39, 0.29) is 18.9 Å². The van der Waals surface area contributed by atoms with Crippen molar-refractivity contribution in [2.45, 2.75) is 45.6 Å². The number of benzene rings is 2. The number of carbonyl (C=O) groups is 3. The molecule has 0 saturated heterocycles. The Bertz CT molecular complexity index is 1030. The maximum atomic E-state index is 13.3. The average molecular weight is 488 g/mol. The Balaban J connectivity index is 1.91. The van der Waals surface area contributed by atoms with Gasteiger partial charge in [0, 0.05) is 15.6 Å². The molecule has 0 aliphatic carbocycles. The van der Waals surface area contributed by atoms with E-state index in [2.05, 4.69) is 15.9 Å². The van der Waals surface area contributed by atoms with Crippen molar-refractivity contribution in [3.8, 4) is 0 Å². The van der Waals surface area contributed by atoms with Crippen LogP contribution in [0.5, 0.6) is 0 Å². The van der Waals surface area contributed by atoms with Crippen molar-refractivity contribution in [2.75, 3.05) is 18.1 Å². The minimum absolute atomic E-state index is 0.278. The predicted molar refractivity (Wildman–Crippen MR) is 121 cm³/mol. The average Bonchev–Trinajstić information content (AvgIpc) is 2.89. The van der Waals surface area contributed by atoms with Gasteiger partial charge in [-0.1, -0.05) is 53.0 Å². The van der Waals surface area contributed by atoms with E-state index in [4.69, 9.17) is 4.74 Å². The molecule has 0 spiro atoms. The van der Waals surface area contributed by atoms with E-state index in [1.54, 1.807) is 24.3 Å². The largest absolute Gasteiger partial charge is 0.464 e. The van der Waals surface area contributed by atoms with Crippen LogP contribution in [0.25, 0.3) is 0 Å². The number of unbranched alkanes of at least 4 members (excludes halogenated alkanes) is 1. The zero-order valence-electron chi connectivity index (χ0n) is 17.9. The standard InChI is InChI=1S/C24H26BrNO5/c1-4-5-10-31-22(28)14-26-20-9-7-17(25)12-19(20)24(30,23(26)29)13-21(27)18-8-6-15(2)11-16(18)3/h6-9,11-12,30H,4-5,10,13-14H2,1-3H3/t24-/m0/s1. The molecule has 1 N–H and O–H groups in total. The van der Waals surface area contributed by atoms with Gasteiger partial charge in [-0.3, -0.25) is 19.3 Å². The van der Waals surface area contributed by atoms with Gasteiger partial charge in [-0.25, -0.2) is 0 Å². The fourth-order valence-electron chi connectivity index (χ4n) is 3.81. The number of esters is 1. The molecule has 1 aliphatic heterocycles. The van der Waals surface area contributed by atoms with Gasteiger partial charge in [0.2, 0.25) is 0 Å². The molecule has 1 aliphatic rings. The summed E-state index contributed by atoms with van der Waals surface area (Å²) in [6.07, 6.45) is 1.20. The Morgan fingerprint density at radius 1 is 1.16 bits per heavy atom. The molecule has 0 bridgehead atoms. The quantitative estimate of drug-likeness (QED) is 0.342. The van der Waals surface area contributed by atoms with Gasteiger partial charge in [0.15, 0.2) is 11.4 Å². The number of hydrogen-bond acceptors (Lipinski definition) is 5. The molecule has 1 heterocycles. The number of halogens is 1. The molecule has 164 valence electrons. The summed E-state index contributed by atoms with van der Waals surface area (Å²) in [6.45, 7) is 5.69. The monoisotopic (exact) mass is 487 g/mol. The SMILES string of the molecule is CCCCOC(=O)CN1C(=O)[C@](O)(CC(=O)c2ccc(C)cc2C)c2cc(Br)ccc21. The lowest BCUT2D eigenvalue weighted by molar-refractivity contribution is -0.144. The molecule has 0 fully saturated rings. The number of fused-ring (bicyclic) bond motifs is 1. The Hall–Kier alpha value is -2.51. The molecule has 0 radical (unpaired) electrons. The first kappa shape index (κ1) is 23.2. The van der Waals surface area contributed by atoms with Crippen LogP contribution < -0.4 is 4.90 Å². The number of hydrogen-bond donors (Lipinski definition) is 1. The summed E-state index contributed by atoms with van der Waals surface area (Å²) in [5.41, 5.74) is 0.900. The minimum atomic E-state index is -2.06. The molecular formula is C24H26BrNO5. The molecular weight excluding hydrogens is 462 g/mol. The van der Waals surface area contributed by atoms with Crippen LogP contribution in [-0.4, -0.2) is 35.9 Å². The molecule has 1 amide bonds. The third-order valence-electron chi connectivity index (χ3n) is 5.44. The molecule has 2 aromatic carbocycles. The van der Waals surface area contributed by atoms with Gasteiger partial charge in [-0.15, -0.1) is 0 Å². The van der Waals surface area contributed by atoms with Crippen molar-refractivity contribution in [2.24, 2.45) is 0 Å². The summed E-state index contributed by atoms with van der Waals surface area (Å²) in [5.74, 6) is -1.60. The van der Waals surface area contributed by atoms with Gasteiger partial charge in [-0.2, -0.15) is 0 Å². The van der Waals surface area contributed by atoms with Crippen molar-refractivity contribution >= 4 is 39.3 Å². The lowest BCUT2D eigenvalue weighted by atomic mass is 9.87. The molecule has 31 heavy (non-hydrogen) atoms. The van der Waals surface area contributed by atoms with Crippen molar-refractivity contribution in [1.29, 1.82) is 0 Å². The highest BCUT2D eigenvalue weighted by atomic mass is 79.9. The normalized spacial score (nSPS) is 17.6.